The molecule has 5 nitrogen and oxygen atoms in total. The topological polar surface area (TPSA) is 79.2 Å². The van der Waals surface area contributed by atoms with E-state index in [0.717, 1.165) is 25.7 Å². The van der Waals surface area contributed by atoms with Crippen molar-refractivity contribution in [2.24, 2.45) is 0 Å². The number of ether oxygens (including phenoxy) is 2. The predicted octanol–water partition coefficient (Wildman–Crippen LogP) is 2.96. The summed E-state index contributed by atoms with van der Waals surface area (Å²) in [6.45, 7) is 2.55. The smallest absolute Gasteiger partial charge is 0.114 e. The third kappa shape index (κ3) is 9.71. The Balaban J connectivity index is 1.97. The van der Waals surface area contributed by atoms with Crippen LogP contribution in [0.4, 0.5) is 0 Å². The second kappa shape index (κ2) is 14.7. The monoisotopic (exact) mass is 358 g/mol. The minimum absolute atomic E-state index is 0.148. The molecule has 1 aliphatic rings. The van der Waals surface area contributed by atoms with E-state index in [0.29, 0.717) is 6.61 Å². The van der Waals surface area contributed by atoms with Crippen LogP contribution in [0.5, 0.6) is 0 Å². The SMILES string of the molecule is CCCCCCC/C=C/CCCCCO[C@@H]1[C@H]([C@H](O)CO)OC[C@@H]1O. The number of allylic oxidation sites excluding steroid dienone is 2. The van der Waals surface area contributed by atoms with E-state index in [9.17, 15) is 10.2 Å². The highest BCUT2D eigenvalue weighted by Crippen LogP contribution is 2.21. The molecule has 1 fully saturated rings. The maximum atomic E-state index is 9.84. The molecule has 1 rings (SSSR count). The zero-order valence-corrected chi connectivity index (χ0v) is 15.8. The van der Waals surface area contributed by atoms with Gasteiger partial charge in [0.15, 0.2) is 0 Å². The van der Waals surface area contributed by atoms with Gasteiger partial charge in [0, 0.05) is 6.61 Å². The zero-order valence-electron chi connectivity index (χ0n) is 15.8. The molecule has 3 N–H and O–H groups in total. The lowest BCUT2D eigenvalue weighted by Gasteiger charge is -2.23. The molecule has 25 heavy (non-hydrogen) atoms. The number of rotatable bonds is 15. The molecule has 0 radical (unpaired) electrons. The maximum absolute atomic E-state index is 9.84. The lowest BCUT2D eigenvalue weighted by molar-refractivity contribution is -0.0937. The summed E-state index contributed by atoms with van der Waals surface area (Å²) in [6, 6.07) is 0. The van der Waals surface area contributed by atoms with Crippen molar-refractivity contribution < 1.29 is 24.8 Å². The first kappa shape index (κ1) is 22.6. The first-order chi connectivity index (χ1) is 12.2. The lowest BCUT2D eigenvalue weighted by atomic mass is 10.1. The van der Waals surface area contributed by atoms with Gasteiger partial charge in [-0.1, -0.05) is 51.2 Å². The second-order valence-electron chi connectivity index (χ2n) is 6.97. The maximum Gasteiger partial charge on any atom is 0.114 e. The molecule has 1 heterocycles. The Morgan fingerprint density at radius 3 is 2.32 bits per heavy atom. The molecule has 0 aromatic carbocycles. The summed E-state index contributed by atoms with van der Waals surface area (Å²) < 4.78 is 11.0. The normalized spacial score (nSPS) is 25.0. The Bertz CT molecular complexity index is 334. The van der Waals surface area contributed by atoms with Crippen molar-refractivity contribution in [2.75, 3.05) is 19.8 Å². The largest absolute Gasteiger partial charge is 0.394 e. The number of hydrogen-bond donors (Lipinski definition) is 3. The Labute approximate surface area is 153 Å². The lowest BCUT2D eigenvalue weighted by Crippen LogP contribution is -2.42. The third-order valence-electron chi connectivity index (χ3n) is 4.70. The predicted molar refractivity (Wildman–Crippen MR) is 99.6 cm³/mol. The van der Waals surface area contributed by atoms with Crippen molar-refractivity contribution in [3.8, 4) is 0 Å². The molecule has 0 aromatic heterocycles. The summed E-state index contributed by atoms with van der Waals surface area (Å²) in [7, 11) is 0. The van der Waals surface area contributed by atoms with E-state index in [4.69, 9.17) is 14.6 Å². The van der Waals surface area contributed by atoms with Crippen LogP contribution in [0.1, 0.15) is 71.1 Å². The van der Waals surface area contributed by atoms with Crippen LogP contribution in [0.25, 0.3) is 0 Å². The Morgan fingerprint density at radius 1 is 1.04 bits per heavy atom. The number of aliphatic hydroxyl groups is 3. The van der Waals surface area contributed by atoms with Crippen molar-refractivity contribution >= 4 is 0 Å². The average molecular weight is 359 g/mol. The van der Waals surface area contributed by atoms with Gasteiger partial charge in [-0.05, 0) is 32.1 Å². The van der Waals surface area contributed by atoms with Crippen LogP contribution in [0.2, 0.25) is 0 Å². The van der Waals surface area contributed by atoms with Crippen molar-refractivity contribution in [3.05, 3.63) is 12.2 Å². The number of unbranched alkanes of at least 4 members (excludes halogenated alkanes) is 8. The number of hydrogen-bond acceptors (Lipinski definition) is 5. The van der Waals surface area contributed by atoms with Crippen LogP contribution < -0.4 is 0 Å². The molecule has 1 saturated heterocycles. The van der Waals surface area contributed by atoms with Gasteiger partial charge in [-0.25, -0.2) is 0 Å². The molecule has 0 saturated carbocycles. The van der Waals surface area contributed by atoms with Crippen molar-refractivity contribution in [3.63, 3.8) is 0 Å². The fraction of sp³-hybridized carbons (Fsp3) is 0.900. The first-order valence-corrected chi connectivity index (χ1v) is 10.1. The van der Waals surface area contributed by atoms with Crippen molar-refractivity contribution in [1.82, 2.24) is 0 Å². The Hall–Kier alpha value is -0.460. The van der Waals surface area contributed by atoms with Crippen LogP contribution in [-0.4, -0.2) is 59.6 Å². The summed E-state index contributed by atoms with van der Waals surface area (Å²) in [5, 5.41) is 28.5. The van der Waals surface area contributed by atoms with Gasteiger partial charge in [0.1, 0.15) is 24.4 Å². The molecular formula is C20H38O5. The quantitative estimate of drug-likeness (QED) is 0.310. The molecule has 0 bridgehead atoms. The van der Waals surface area contributed by atoms with Crippen LogP contribution in [0, 0.1) is 0 Å². The van der Waals surface area contributed by atoms with Crippen LogP contribution in [0.15, 0.2) is 12.2 Å². The highest BCUT2D eigenvalue weighted by atomic mass is 16.6. The van der Waals surface area contributed by atoms with Crippen LogP contribution in [-0.2, 0) is 9.47 Å². The minimum Gasteiger partial charge on any atom is -0.394 e. The summed E-state index contributed by atoms with van der Waals surface area (Å²) >= 11 is 0. The standard InChI is InChI=1S/C20H38O5/c1-2-3-4-5-6-7-8-9-10-11-12-13-14-24-20-18(23)16-25-19(20)17(22)15-21/h8-9,17-23H,2-7,10-16H2,1H3/b9-8+/t17-,18+,19+,20+/m1/s1. The van der Waals surface area contributed by atoms with E-state index in [2.05, 4.69) is 19.1 Å². The molecule has 0 spiro atoms. The summed E-state index contributed by atoms with van der Waals surface area (Å²) in [5.74, 6) is 0. The first-order valence-electron chi connectivity index (χ1n) is 10.1. The second-order valence-corrected chi connectivity index (χ2v) is 6.97. The van der Waals surface area contributed by atoms with Crippen molar-refractivity contribution in [2.45, 2.75) is 95.5 Å². The van der Waals surface area contributed by atoms with Gasteiger partial charge in [0.05, 0.1) is 13.2 Å². The molecule has 0 unspecified atom stereocenters. The highest BCUT2D eigenvalue weighted by molar-refractivity contribution is 4.89. The van der Waals surface area contributed by atoms with Gasteiger partial charge >= 0.3 is 0 Å². The third-order valence-corrected chi connectivity index (χ3v) is 4.70. The van der Waals surface area contributed by atoms with Crippen molar-refractivity contribution in [1.29, 1.82) is 0 Å². The van der Waals surface area contributed by atoms with E-state index in [-0.39, 0.29) is 13.2 Å². The van der Waals surface area contributed by atoms with Crippen LogP contribution in [0.3, 0.4) is 0 Å². The number of aliphatic hydroxyl groups excluding tert-OH is 3. The molecule has 0 amide bonds. The summed E-state index contributed by atoms with van der Waals surface area (Å²) in [4.78, 5) is 0. The molecular weight excluding hydrogens is 320 g/mol. The molecule has 4 atom stereocenters. The average Bonchev–Trinajstić information content (AvgIpc) is 2.99. The fourth-order valence-corrected chi connectivity index (χ4v) is 3.12. The van der Waals surface area contributed by atoms with Gasteiger partial charge in [-0.15, -0.1) is 0 Å². The van der Waals surface area contributed by atoms with E-state index in [1.54, 1.807) is 0 Å². The molecule has 148 valence electrons. The minimum atomic E-state index is -1.01. The summed E-state index contributed by atoms with van der Waals surface area (Å²) in [6.07, 6.45) is 13.8. The molecule has 5 heteroatoms. The van der Waals surface area contributed by atoms with Gasteiger partial charge in [0.25, 0.3) is 0 Å². The van der Waals surface area contributed by atoms with Crippen LogP contribution >= 0.6 is 0 Å². The summed E-state index contributed by atoms with van der Waals surface area (Å²) in [5.41, 5.74) is 0. The van der Waals surface area contributed by atoms with E-state index in [1.165, 1.54) is 38.5 Å². The van der Waals surface area contributed by atoms with E-state index >= 15 is 0 Å². The van der Waals surface area contributed by atoms with E-state index in [1.807, 2.05) is 0 Å². The molecule has 0 aliphatic carbocycles. The van der Waals surface area contributed by atoms with Gasteiger partial charge in [-0.3, -0.25) is 0 Å². The highest BCUT2D eigenvalue weighted by Gasteiger charge is 2.40. The van der Waals surface area contributed by atoms with Gasteiger partial charge in [0.2, 0.25) is 0 Å². The van der Waals surface area contributed by atoms with Gasteiger partial charge in [-0.2, -0.15) is 0 Å². The van der Waals surface area contributed by atoms with E-state index < -0.39 is 24.4 Å². The Morgan fingerprint density at radius 2 is 1.68 bits per heavy atom. The zero-order chi connectivity index (χ0) is 18.3. The molecule has 0 aromatic rings. The molecule has 1 aliphatic heterocycles. The Kier molecular flexibility index (Phi) is 13.3. The van der Waals surface area contributed by atoms with Gasteiger partial charge < -0.3 is 24.8 Å². The fourth-order valence-electron chi connectivity index (χ4n) is 3.12.